The number of aromatic nitrogens is 2. The molecule has 1 aliphatic rings. The second-order valence-electron chi connectivity index (χ2n) is 9.07. The van der Waals surface area contributed by atoms with Gasteiger partial charge in [0.2, 0.25) is 0 Å². The second kappa shape index (κ2) is 11.2. The largest absolute Gasteiger partial charge is 0.493 e. The molecule has 1 atom stereocenters. The highest BCUT2D eigenvalue weighted by Crippen LogP contribution is 2.17. The molecule has 3 rings (SSSR count). The minimum absolute atomic E-state index is 0.0275. The van der Waals surface area contributed by atoms with E-state index in [1.807, 2.05) is 48.5 Å². The Morgan fingerprint density at radius 1 is 1.16 bits per heavy atom. The average Bonchev–Trinajstić information content (AvgIpc) is 3.04. The number of hydrogen-bond donors (Lipinski definition) is 1. The van der Waals surface area contributed by atoms with Crippen molar-refractivity contribution in [1.82, 2.24) is 24.9 Å². The number of urea groups is 1. The van der Waals surface area contributed by atoms with Crippen molar-refractivity contribution < 1.29 is 9.53 Å². The normalized spacial score (nSPS) is 17.4. The lowest BCUT2D eigenvalue weighted by atomic mass is 10.1. The van der Waals surface area contributed by atoms with E-state index in [1.54, 1.807) is 4.68 Å². The Kier molecular flexibility index (Phi) is 8.35. The van der Waals surface area contributed by atoms with E-state index in [4.69, 9.17) is 4.74 Å². The van der Waals surface area contributed by atoms with Crippen LogP contribution < -0.4 is 10.1 Å². The van der Waals surface area contributed by atoms with Gasteiger partial charge in [-0.2, -0.15) is 5.10 Å². The van der Waals surface area contributed by atoms with Gasteiger partial charge in [-0.1, -0.05) is 26.0 Å². The van der Waals surface area contributed by atoms with Crippen molar-refractivity contribution in [2.75, 3.05) is 26.7 Å². The van der Waals surface area contributed by atoms with Crippen molar-refractivity contribution in [3.63, 3.8) is 0 Å². The Hall–Kier alpha value is -2.54. The number of nitrogens with zero attached hydrogens (tertiary/aromatic N) is 4. The molecule has 2 amide bonds. The fourth-order valence-electron chi connectivity index (χ4n) is 3.77. The summed E-state index contributed by atoms with van der Waals surface area (Å²) in [7, 11) is 4.04. The van der Waals surface area contributed by atoms with Crippen molar-refractivity contribution in [1.29, 1.82) is 0 Å². The minimum atomic E-state index is -0.0275. The quantitative estimate of drug-likeness (QED) is 0.699. The molecule has 1 unspecified atom stereocenters. The maximum atomic E-state index is 13.2. The van der Waals surface area contributed by atoms with Gasteiger partial charge in [-0.25, -0.2) is 4.79 Å². The Labute approximate surface area is 186 Å². The molecule has 1 aromatic carbocycles. The molecule has 2 aromatic rings. The van der Waals surface area contributed by atoms with Crippen LogP contribution in [0.3, 0.4) is 0 Å². The van der Waals surface area contributed by atoms with Crippen molar-refractivity contribution in [3.05, 3.63) is 47.8 Å². The number of carbonyl (C=O) groups is 1. The highest BCUT2D eigenvalue weighted by Gasteiger charge is 2.21. The number of benzene rings is 1. The summed E-state index contributed by atoms with van der Waals surface area (Å²) < 4.78 is 7.56. The third-order valence-corrected chi connectivity index (χ3v) is 5.57. The third-order valence-electron chi connectivity index (χ3n) is 5.57. The standard InChI is InChI=1S/C24H37N5O2/c1-19(2)18-31-23-9-7-20(8-10-23)16-29(17-22-12-15-28(4)26-22)24(30)25-21-6-5-13-27(3)14-11-21/h7-10,12,15,19,21H,5-6,11,13-14,16-18H2,1-4H3,(H,25,30). The van der Waals surface area contributed by atoms with E-state index in [-0.39, 0.29) is 12.1 Å². The molecular formula is C24H37N5O2. The first kappa shape index (κ1) is 23.1. The first-order valence-corrected chi connectivity index (χ1v) is 11.3. The van der Waals surface area contributed by atoms with Crippen LogP contribution in [0.2, 0.25) is 0 Å². The summed E-state index contributed by atoms with van der Waals surface area (Å²) >= 11 is 0. The van der Waals surface area contributed by atoms with Crippen LogP contribution in [0.15, 0.2) is 36.5 Å². The maximum Gasteiger partial charge on any atom is 0.318 e. The molecule has 7 nitrogen and oxygen atoms in total. The number of nitrogens with one attached hydrogen (secondary N) is 1. The van der Waals surface area contributed by atoms with E-state index >= 15 is 0 Å². The fourth-order valence-corrected chi connectivity index (χ4v) is 3.77. The summed E-state index contributed by atoms with van der Waals surface area (Å²) in [6.07, 6.45) is 5.03. The molecule has 1 aromatic heterocycles. The topological polar surface area (TPSA) is 62.6 Å². The lowest BCUT2D eigenvalue weighted by molar-refractivity contribution is 0.186. The number of carbonyl (C=O) groups excluding carboxylic acids is 1. The molecule has 1 aliphatic heterocycles. The van der Waals surface area contributed by atoms with Crippen LogP contribution in [-0.2, 0) is 20.1 Å². The molecule has 1 fully saturated rings. The Morgan fingerprint density at radius 2 is 1.94 bits per heavy atom. The molecule has 0 aliphatic carbocycles. The van der Waals surface area contributed by atoms with Crippen molar-refractivity contribution in [2.45, 2.75) is 52.2 Å². The minimum Gasteiger partial charge on any atom is -0.493 e. The van der Waals surface area contributed by atoms with Crippen LogP contribution in [-0.4, -0.2) is 58.4 Å². The summed E-state index contributed by atoms with van der Waals surface area (Å²) in [5.41, 5.74) is 1.96. The first-order chi connectivity index (χ1) is 14.9. The second-order valence-corrected chi connectivity index (χ2v) is 9.07. The van der Waals surface area contributed by atoms with Crippen molar-refractivity contribution in [3.8, 4) is 5.75 Å². The number of likely N-dealkylation sites (tertiary alicyclic amines) is 1. The zero-order valence-corrected chi connectivity index (χ0v) is 19.4. The fraction of sp³-hybridized carbons (Fsp3) is 0.583. The molecule has 0 bridgehead atoms. The predicted molar refractivity (Wildman–Crippen MR) is 123 cm³/mol. The van der Waals surface area contributed by atoms with Crippen molar-refractivity contribution in [2.24, 2.45) is 13.0 Å². The number of hydrogen-bond acceptors (Lipinski definition) is 4. The third kappa shape index (κ3) is 7.58. The molecule has 31 heavy (non-hydrogen) atoms. The van der Waals surface area contributed by atoms with E-state index < -0.39 is 0 Å². The van der Waals surface area contributed by atoms with Crippen molar-refractivity contribution >= 4 is 6.03 Å². The SMILES string of the molecule is CC(C)COc1ccc(CN(Cc2ccn(C)n2)C(=O)NC2CCCN(C)CC2)cc1. The van der Waals surface area contributed by atoms with Gasteiger partial charge in [0.05, 0.1) is 18.8 Å². The predicted octanol–water partition coefficient (Wildman–Crippen LogP) is 3.65. The van der Waals surface area contributed by atoms with Gasteiger partial charge in [0.15, 0.2) is 0 Å². The van der Waals surface area contributed by atoms with Gasteiger partial charge in [0.1, 0.15) is 5.75 Å². The number of rotatable bonds is 8. The van der Waals surface area contributed by atoms with E-state index in [0.29, 0.717) is 25.6 Å². The molecule has 7 heteroatoms. The molecule has 1 N–H and O–H groups in total. The zero-order chi connectivity index (χ0) is 22.2. The monoisotopic (exact) mass is 427 g/mol. The number of amides is 2. The van der Waals surface area contributed by atoms with Crippen LogP contribution >= 0.6 is 0 Å². The summed E-state index contributed by atoms with van der Waals surface area (Å²) in [6.45, 7) is 8.08. The van der Waals surface area contributed by atoms with Gasteiger partial charge in [0.25, 0.3) is 0 Å². The zero-order valence-electron chi connectivity index (χ0n) is 19.4. The van der Waals surface area contributed by atoms with E-state index in [0.717, 1.165) is 49.4 Å². The van der Waals surface area contributed by atoms with Gasteiger partial charge in [-0.15, -0.1) is 0 Å². The number of aryl methyl sites for hydroxylation is 1. The molecular weight excluding hydrogens is 390 g/mol. The van der Waals surface area contributed by atoms with Crippen LogP contribution in [0.1, 0.15) is 44.4 Å². The Morgan fingerprint density at radius 3 is 2.61 bits per heavy atom. The van der Waals surface area contributed by atoms with Crippen LogP contribution in [0.4, 0.5) is 4.79 Å². The summed E-state index contributed by atoms with van der Waals surface area (Å²) in [6, 6.07) is 10.2. The smallest absolute Gasteiger partial charge is 0.318 e. The molecule has 0 saturated carbocycles. The molecule has 0 radical (unpaired) electrons. The summed E-state index contributed by atoms with van der Waals surface area (Å²) in [5, 5.41) is 7.74. The van der Waals surface area contributed by atoms with Gasteiger partial charge >= 0.3 is 6.03 Å². The van der Waals surface area contributed by atoms with E-state index in [1.165, 1.54) is 0 Å². The lowest BCUT2D eigenvalue weighted by Crippen LogP contribution is -2.44. The van der Waals surface area contributed by atoms with Crippen LogP contribution in [0, 0.1) is 5.92 Å². The molecule has 1 saturated heterocycles. The first-order valence-electron chi connectivity index (χ1n) is 11.3. The maximum absolute atomic E-state index is 13.2. The van der Waals surface area contributed by atoms with Crippen LogP contribution in [0.5, 0.6) is 5.75 Å². The molecule has 0 spiro atoms. The van der Waals surface area contributed by atoms with Gasteiger partial charge in [-0.05, 0) is 69.1 Å². The highest BCUT2D eigenvalue weighted by atomic mass is 16.5. The van der Waals surface area contributed by atoms with E-state index in [2.05, 4.69) is 36.2 Å². The lowest BCUT2D eigenvalue weighted by Gasteiger charge is -2.26. The number of ether oxygens (including phenoxy) is 1. The Balaban J connectivity index is 1.66. The Bertz CT molecular complexity index is 818. The van der Waals surface area contributed by atoms with Gasteiger partial charge in [-0.3, -0.25) is 4.68 Å². The summed E-state index contributed by atoms with van der Waals surface area (Å²) in [4.78, 5) is 17.4. The average molecular weight is 428 g/mol. The van der Waals surface area contributed by atoms with Gasteiger partial charge < -0.3 is 19.9 Å². The summed E-state index contributed by atoms with van der Waals surface area (Å²) in [5.74, 6) is 1.35. The molecule has 2 heterocycles. The highest BCUT2D eigenvalue weighted by molar-refractivity contribution is 5.74. The van der Waals surface area contributed by atoms with E-state index in [9.17, 15) is 4.79 Å². The van der Waals surface area contributed by atoms with Gasteiger partial charge in [0, 0.05) is 25.8 Å². The van der Waals surface area contributed by atoms with Crippen LogP contribution in [0.25, 0.3) is 0 Å². The molecule has 170 valence electrons.